The molecular weight excluding hydrogens is 354 g/mol. The molecule has 7 heteroatoms. The third-order valence-corrected chi connectivity index (χ3v) is 4.42. The highest BCUT2D eigenvalue weighted by molar-refractivity contribution is 7.85. The molecule has 0 aromatic heterocycles. The van der Waals surface area contributed by atoms with Crippen LogP contribution in [-0.4, -0.2) is 31.9 Å². The van der Waals surface area contributed by atoms with E-state index in [4.69, 9.17) is 19.3 Å². The molecule has 0 fully saturated rings. The van der Waals surface area contributed by atoms with E-state index >= 15 is 0 Å². The molecule has 0 bridgehead atoms. The Morgan fingerprint density at radius 1 is 1.04 bits per heavy atom. The third kappa shape index (κ3) is 7.66. The van der Waals surface area contributed by atoms with E-state index in [2.05, 4.69) is 6.07 Å². The highest BCUT2D eigenvalue weighted by Gasteiger charge is 2.04. The summed E-state index contributed by atoms with van der Waals surface area (Å²) in [5.74, 6) is 0.471. The number of hydrogen-bond acceptors (Lipinski definition) is 5. The first-order valence-electron chi connectivity index (χ1n) is 8.20. The van der Waals surface area contributed by atoms with Crippen molar-refractivity contribution in [2.24, 2.45) is 0 Å². The van der Waals surface area contributed by atoms with Gasteiger partial charge >= 0.3 is 0 Å². The largest absolute Gasteiger partial charge is 0.491 e. The van der Waals surface area contributed by atoms with E-state index in [0.29, 0.717) is 44.0 Å². The topological polar surface area (TPSA) is 96.6 Å². The van der Waals surface area contributed by atoms with Crippen LogP contribution in [0.3, 0.4) is 0 Å². The Hall–Kier alpha value is -2.40. The number of nitrogens with zero attached hydrogens (tertiary/aromatic N) is 1. The fraction of sp³-hybridized carbons (Fsp3) is 0.316. The van der Waals surface area contributed by atoms with Gasteiger partial charge in [0.15, 0.2) is 0 Å². The quantitative estimate of drug-likeness (QED) is 0.506. The molecule has 0 aliphatic rings. The fourth-order valence-electron chi connectivity index (χ4n) is 2.35. The Balaban J connectivity index is 1.65. The molecule has 0 amide bonds. The van der Waals surface area contributed by atoms with Gasteiger partial charge in [-0.2, -0.15) is 13.7 Å². The Morgan fingerprint density at radius 3 is 2.50 bits per heavy atom. The SMILES string of the molecule is N#Cc1cccc(COCCOc2ccc(CCCS(=O)(=O)O)cc2)c1. The number of nitriles is 1. The smallest absolute Gasteiger partial charge is 0.264 e. The first-order chi connectivity index (χ1) is 12.5. The zero-order chi connectivity index (χ0) is 18.8. The van der Waals surface area contributed by atoms with Crippen LogP contribution in [0.25, 0.3) is 0 Å². The molecule has 0 heterocycles. The maximum absolute atomic E-state index is 10.7. The molecule has 138 valence electrons. The predicted octanol–water partition coefficient (Wildman–Crippen LogP) is 2.97. The van der Waals surface area contributed by atoms with E-state index < -0.39 is 10.1 Å². The monoisotopic (exact) mass is 375 g/mol. The zero-order valence-corrected chi connectivity index (χ0v) is 15.1. The molecule has 0 saturated carbocycles. The lowest BCUT2D eigenvalue weighted by Crippen LogP contribution is -2.07. The van der Waals surface area contributed by atoms with Crippen molar-refractivity contribution in [3.05, 3.63) is 65.2 Å². The third-order valence-electron chi connectivity index (χ3n) is 3.61. The molecule has 0 aliphatic carbocycles. The van der Waals surface area contributed by atoms with Gasteiger partial charge in [-0.15, -0.1) is 0 Å². The zero-order valence-electron chi connectivity index (χ0n) is 14.3. The summed E-state index contributed by atoms with van der Waals surface area (Å²) in [6.45, 7) is 1.25. The van der Waals surface area contributed by atoms with Crippen LogP contribution in [0.4, 0.5) is 0 Å². The second kappa shape index (κ2) is 9.92. The van der Waals surface area contributed by atoms with Crippen molar-refractivity contribution in [2.45, 2.75) is 19.4 Å². The summed E-state index contributed by atoms with van der Waals surface area (Å²) in [6.07, 6.45) is 0.949. The van der Waals surface area contributed by atoms with Crippen molar-refractivity contribution in [3.63, 3.8) is 0 Å². The second-order valence-corrected chi connectivity index (χ2v) is 7.32. The molecule has 0 atom stereocenters. The van der Waals surface area contributed by atoms with Crippen LogP contribution in [0, 0.1) is 11.3 Å². The molecule has 0 radical (unpaired) electrons. The Bertz CT molecular complexity index is 841. The number of hydrogen-bond donors (Lipinski definition) is 1. The average Bonchev–Trinajstić information content (AvgIpc) is 2.62. The molecule has 0 aliphatic heterocycles. The molecule has 0 spiro atoms. The van der Waals surface area contributed by atoms with Crippen LogP contribution in [0.2, 0.25) is 0 Å². The molecule has 6 nitrogen and oxygen atoms in total. The summed E-state index contributed by atoms with van der Waals surface area (Å²) in [6, 6.07) is 16.7. The Kier molecular flexibility index (Phi) is 7.60. The summed E-state index contributed by atoms with van der Waals surface area (Å²) < 4.78 is 41.2. The van der Waals surface area contributed by atoms with Crippen molar-refractivity contribution >= 4 is 10.1 Å². The van der Waals surface area contributed by atoms with E-state index in [1.165, 1.54) is 0 Å². The van der Waals surface area contributed by atoms with E-state index in [1.807, 2.05) is 36.4 Å². The van der Waals surface area contributed by atoms with Crippen LogP contribution in [0.15, 0.2) is 48.5 Å². The lowest BCUT2D eigenvalue weighted by Gasteiger charge is -2.08. The predicted molar refractivity (Wildman–Crippen MR) is 97.5 cm³/mol. The van der Waals surface area contributed by atoms with Crippen molar-refractivity contribution in [3.8, 4) is 11.8 Å². The molecule has 2 rings (SSSR count). The number of benzene rings is 2. The standard InChI is InChI=1S/C19H21NO5S/c20-14-17-3-1-4-18(13-17)15-24-10-11-25-19-8-6-16(7-9-19)5-2-12-26(21,22)23/h1,3-4,6-9,13H,2,5,10-12,15H2,(H,21,22,23). The minimum absolute atomic E-state index is 0.236. The van der Waals surface area contributed by atoms with E-state index in [1.54, 1.807) is 12.1 Å². The number of ether oxygens (including phenoxy) is 2. The summed E-state index contributed by atoms with van der Waals surface area (Å²) >= 11 is 0. The molecule has 26 heavy (non-hydrogen) atoms. The van der Waals surface area contributed by atoms with Gasteiger partial charge in [-0.1, -0.05) is 24.3 Å². The molecule has 2 aromatic rings. The van der Waals surface area contributed by atoms with Gasteiger partial charge < -0.3 is 9.47 Å². The fourth-order valence-corrected chi connectivity index (χ4v) is 2.86. The van der Waals surface area contributed by atoms with Crippen molar-refractivity contribution in [2.75, 3.05) is 19.0 Å². The lowest BCUT2D eigenvalue weighted by atomic mass is 10.1. The minimum Gasteiger partial charge on any atom is -0.491 e. The van der Waals surface area contributed by atoms with Gasteiger partial charge in [-0.05, 0) is 48.2 Å². The Labute approximate surface area is 153 Å². The van der Waals surface area contributed by atoms with Gasteiger partial charge in [0, 0.05) is 0 Å². The van der Waals surface area contributed by atoms with Crippen molar-refractivity contribution in [1.82, 2.24) is 0 Å². The summed E-state index contributed by atoms with van der Waals surface area (Å²) in [7, 11) is -3.90. The highest BCUT2D eigenvalue weighted by Crippen LogP contribution is 2.14. The van der Waals surface area contributed by atoms with Gasteiger partial charge in [0.05, 0.1) is 30.6 Å². The maximum atomic E-state index is 10.7. The molecular formula is C19H21NO5S. The average molecular weight is 375 g/mol. The van der Waals surface area contributed by atoms with Gasteiger partial charge in [0.2, 0.25) is 0 Å². The van der Waals surface area contributed by atoms with E-state index in [9.17, 15) is 8.42 Å². The summed E-state index contributed by atoms with van der Waals surface area (Å²) in [5, 5.41) is 8.85. The highest BCUT2D eigenvalue weighted by atomic mass is 32.2. The van der Waals surface area contributed by atoms with E-state index in [0.717, 1.165) is 11.1 Å². The summed E-state index contributed by atoms with van der Waals surface area (Å²) in [4.78, 5) is 0. The van der Waals surface area contributed by atoms with Crippen LogP contribution < -0.4 is 4.74 Å². The molecule has 0 unspecified atom stereocenters. The first kappa shape index (κ1) is 19.9. The number of aryl methyl sites for hydroxylation is 1. The normalized spacial score (nSPS) is 11.1. The van der Waals surface area contributed by atoms with Crippen LogP contribution in [0.5, 0.6) is 5.75 Å². The van der Waals surface area contributed by atoms with E-state index in [-0.39, 0.29) is 5.75 Å². The van der Waals surface area contributed by atoms with Gasteiger partial charge in [0.25, 0.3) is 10.1 Å². The Morgan fingerprint density at radius 2 is 1.81 bits per heavy atom. The van der Waals surface area contributed by atoms with Crippen molar-refractivity contribution < 1.29 is 22.4 Å². The van der Waals surface area contributed by atoms with Gasteiger partial charge in [0.1, 0.15) is 12.4 Å². The molecule has 2 aromatic carbocycles. The molecule has 0 saturated heterocycles. The second-order valence-electron chi connectivity index (χ2n) is 5.75. The summed E-state index contributed by atoms with van der Waals surface area (Å²) in [5.41, 5.74) is 2.53. The van der Waals surface area contributed by atoms with Crippen molar-refractivity contribution in [1.29, 1.82) is 5.26 Å². The molecule has 1 N–H and O–H groups in total. The lowest BCUT2D eigenvalue weighted by molar-refractivity contribution is 0.0889. The van der Waals surface area contributed by atoms with Crippen LogP contribution in [-0.2, 0) is 27.9 Å². The number of rotatable bonds is 10. The first-order valence-corrected chi connectivity index (χ1v) is 9.81. The van der Waals surface area contributed by atoms with Crippen LogP contribution >= 0.6 is 0 Å². The van der Waals surface area contributed by atoms with Gasteiger partial charge in [-0.3, -0.25) is 4.55 Å². The van der Waals surface area contributed by atoms with Gasteiger partial charge in [-0.25, -0.2) is 0 Å². The minimum atomic E-state index is -3.90. The maximum Gasteiger partial charge on any atom is 0.264 e. The van der Waals surface area contributed by atoms with Crippen LogP contribution in [0.1, 0.15) is 23.1 Å².